The Bertz CT molecular complexity index is 1320. The first-order valence-electron chi connectivity index (χ1n) is 14.4. The number of phenolic OH excluding ortho intramolecular Hbond substituents is 1. The van der Waals surface area contributed by atoms with Gasteiger partial charge in [-0.25, -0.2) is 0 Å². The van der Waals surface area contributed by atoms with Crippen molar-refractivity contribution in [3.8, 4) is 5.75 Å². The number of piperidine rings is 1. The molecular formula is C31H39N3O3. The van der Waals surface area contributed by atoms with E-state index in [4.69, 9.17) is 0 Å². The van der Waals surface area contributed by atoms with Crippen molar-refractivity contribution in [3.05, 3.63) is 63.6 Å². The third kappa shape index (κ3) is 3.20. The molecule has 7 rings (SSSR count). The molecule has 196 valence electrons. The number of phenols is 1. The molecule has 5 aliphatic rings. The van der Waals surface area contributed by atoms with Crippen LogP contribution in [0, 0.1) is 17.3 Å². The van der Waals surface area contributed by atoms with Crippen molar-refractivity contribution >= 4 is 5.91 Å². The molecule has 1 N–H and O–H groups in total. The number of pyridine rings is 1. The molecule has 3 saturated carbocycles. The third-order valence-electron chi connectivity index (χ3n) is 11.2. The number of fused-ring (bicyclic) bond motifs is 1. The molecule has 6 nitrogen and oxygen atoms in total. The second kappa shape index (κ2) is 8.20. The van der Waals surface area contributed by atoms with Crippen molar-refractivity contribution < 1.29 is 9.90 Å². The number of carbonyl (C=O) groups excluding carboxylic acids is 1. The fourth-order valence-corrected chi connectivity index (χ4v) is 9.48. The van der Waals surface area contributed by atoms with Crippen molar-refractivity contribution in [2.24, 2.45) is 17.3 Å². The first-order valence-corrected chi connectivity index (χ1v) is 14.4. The van der Waals surface area contributed by atoms with Gasteiger partial charge in [-0.2, -0.15) is 0 Å². The number of amides is 1. The van der Waals surface area contributed by atoms with Gasteiger partial charge < -0.3 is 14.6 Å². The van der Waals surface area contributed by atoms with Gasteiger partial charge in [0.2, 0.25) is 0 Å². The Balaban J connectivity index is 1.29. The van der Waals surface area contributed by atoms with Crippen molar-refractivity contribution in [2.75, 3.05) is 20.1 Å². The van der Waals surface area contributed by atoms with Gasteiger partial charge in [-0.3, -0.25) is 14.5 Å². The third-order valence-corrected chi connectivity index (χ3v) is 11.2. The largest absolute Gasteiger partial charge is 0.508 e. The monoisotopic (exact) mass is 501 g/mol. The van der Waals surface area contributed by atoms with Crippen LogP contribution in [0.2, 0.25) is 0 Å². The number of aromatic hydroxyl groups is 1. The van der Waals surface area contributed by atoms with E-state index in [1.165, 1.54) is 43.0 Å². The van der Waals surface area contributed by atoms with E-state index in [1.807, 2.05) is 24.9 Å². The van der Waals surface area contributed by atoms with E-state index in [9.17, 15) is 14.7 Å². The molecule has 2 heterocycles. The van der Waals surface area contributed by atoms with Crippen LogP contribution in [0.15, 0.2) is 41.3 Å². The summed E-state index contributed by atoms with van der Waals surface area (Å²) < 4.78 is 1.61. The van der Waals surface area contributed by atoms with Crippen LogP contribution in [-0.4, -0.2) is 57.6 Å². The van der Waals surface area contributed by atoms with E-state index in [2.05, 4.69) is 17.0 Å². The molecule has 1 aromatic heterocycles. The van der Waals surface area contributed by atoms with Crippen LogP contribution in [0.5, 0.6) is 5.75 Å². The van der Waals surface area contributed by atoms with Crippen LogP contribution in [0.1, 0.15) is 73.4 Å². The number of hydrogen-bond donors (Lipinski definition) is 1. The molecule has 4 fully saturated rings. The molecular weight excluding hydrogens is 462 g/mol. The van der Waals surface area contributed by atoms with Crippen LogP contribution in [0.25, 0.3) is 0 Å². The standard InChI is InChI=1S/C31H39N3O3/c1-3-33-19-22(7-9-28(33)36)29(37)32(2)26-11-13-30-12-10-24(26)31(30)14-15-34(18-20-4-5-20)27(30)16-21-6-8-23(35)17-25(21)31/h6-9,17,19-20,24,26-27,35H,3-5,10-16,18H2,1-2H3. The number of aromatic nitrogens is 1. The van der Waals surface area contributed by atoms with Crippen LogP contribution in [0.4, 0.5) is 0 Å². The maximum absolute atomic E-state index is 13.8. The van der Waals surface area contributed by atoms with Gasteiger partial charge in [0.15, 0.2) is 0 Å². The smallest absolute Gasteiger partial charge is 0.255 e. The molecule has 0 spiro atoms. The lowest BCUT2D eigenvalue weighted by Crippen LogP contribution is -2.70. The quantitative estimate of drug-likeness (QED) is 0.668. The lowest BCUT2D eigenvalue weighted by Gasteiger charge is -2.67. The summed E-state index contributed by atoms with van der Waals surface area (Å²) in [5.74, 6) is 1.65. The van der Waals surface area contributed by atoms with E-state index >= 15 is 0 Å². The van der Waals surface area contributed by atoms with Crippen molar-refractivity contribution in [3.63, 3.8) is 0 Å². The van der Waals surface area contributed by atoms with Crippen LogP contribution < -0.4 is 5.56 Å². The first-order chi connectivity index (χ1) is 17.9. The number of hydrogen-bond acceptors (Lipinski definition) is 4. The Hall–Kier alpha value is -2.60. The molecule has 1 aliphatic heterocycles. The number of aryl methyl sites for hydroxylation is 1. The normalized spacial score (nSPS) is 34.1. The summed E-state index contributed by atoms with van der Waals surface area (Å²) in [6, 6.07) is 10.1. The van der Waals surface area contributed by atoms with Gasteiger partial charge >= 0.3 is 0 Å². The lowest BCUT2D eigenvalue weighted by atomic mass is 9.43. The number of benzene rings is 1. The highest BCUT2D eigenvalue weighted by Crippen LogP contribution is 2.72. The van der Waals surface area contributed by atoms with Crippen molar-refractivity contribution in [2.45, 2.75) is 82.3 Å². The Kier molecular flexibility index (Phi) is 5.21. The fourth-order valence-electron chi connectivity index (χ4n) is 9.48. The van der Waals surface area contributed by atoms with E-state index in [0.29, 0.717) is 29.8 Å². The molecule has 1 saturated heterocycles. The zero-order valence-corrected chi connectivity index (χ0v) is 22.2. The molecule has 5 atom stereocenters. The van der Waals surface area contributed by atoms with Gasteiger partial charge in [0.25, 0.3) is 11.5 Å². The van der Waals surface area contributed by atoms with Gasteiger partial charge in [0, 0.05) is 49.9 Å². The molecule has 1 aromatic carbocycles. The van der Waals surface area contributed by atoms with E-state index < -0.39 is 0 Å². The summed E-state index contributed by atoms with van der Waals surface area (Å²) in [6.07, 6.45) is 11.2. The molecule has 2 aromatic rings. The number of carbonyl (C=O) groups is 1. The predicted octanol–water partition coefficient (Wildman–Crippen LogP) is 4.18. The SMILES string of the molecule is CCn1cc(C(=O)N(C)C2CCC34CCC2C32CCN(CC3CC3)C4Cc3ccc(O)cc32)ccc1=O. The summed E-state index contributed by atoms with van der Waals surface area (Å²) in [4.78, 5) is 30.7. The van der Waals surface area contributed by atoms with Crippen LogP contribution >= 0.6 is 0 Å². The van der Waals surface area contributed by atoms with E-state index in [0.717, 1.165) is 44.6 Å². The summed E-state index contributed by atoms with van der Waals surface area (Å²) in [5.41, 5.74) is 3.57. The fraction of sp³-hybridized carbons (Fsp3) is 0.613. The number of likely N-dealkylation sites (tertiary alicyclic amines) is 1. The summed E-state index contributed by atoms with van der Waals surface area (Å²) in [6.45, 7) is 4.86. The highest BCUT2D eigenvalue weighted by Gasteiger charge is 2.71. The minimum absolute atomic E-state index is 0.0117. The average molecular weight is 502 g/mol. The highest BCUT2D eigenvalue weighted by molar-refractivity contribution is 5.94. The van der Waals surface area contributed by atoms with Crippen molar-refractivity contribution in [1.82, 2.24) is 14.4 Å². The average Bonchev–Trinajstić information content (AvgIpc) is 3.69. The second-order valence-electron chi connectivity index (χ2n) is 12.6. The van der Waals surface area contributed by atoms with Gasteiger partial charge in [0.05, 0.1) is 5.56 Å². The van der Waals surface area contributed by atoms with Crippen molar-refractivity contribution in [1.29, 1.82) is 0 Å². The van der Waals surface area contributed by atoms with Crippen LogP contribution in [-0.2, 0) is 18.4 Å². The topological polar surface area (TPSA) is 65.8 Å². The van der Waals surface area contributed by atoms with Gasteiger partial charge in [-0.05, 0) is 111 Å². The van der Waals surface area contributed by atoms with E-state index in [-0.39, 0.29) is 28.3 Å². The summed E-state index contributed by atoms with van der Waals surface area (Å²) >= 11 is 0. The van der Waals surface area contributed by atoms with Gasteiger partial charge in [-0.1, -0.05) is 6.07 Å². The molecule has 4 bridgehead atoms. The Morgan fingerprint density at radius 1 is 1.11 bits per heavy atom. The molecule has 0 radical (unpaired) electrons. The second-order valence-corrected chi connectivity index (χ2v) is 12.6. The maximum Gasteiger partial charge on any atom is 0.255 e. The Labute approximate surface area is 219 Å². The molecule has 6 heteroatoms. The Morgan fingerprint density at radius 3 is 2.70 bits per heavy atom. The predicted molar refractivity (Wildman–Crippen MR) is 143 cm³/mol. The lowest BCUT2D eigenvalue weighted by molar-refractivity contribution is -0.104. The summed E-state index contributed by atoms with van der Waals surface area (Å²) in [7, 11) is 1.97. The Morgan fingerprint density at radius 2 is 1.92 bits per heavy atom. The number of nitrogens with zero attached hydrogens (tertiary/aromatic N) is 3. The minimum atomic E-state index is -0.0681. The van der Waals surface area contributed by atoms with Gasteiger partial charge in [-0.15, -0.1) is 0 Å². The maximum atomic E-state index is 13.8. The molecule has 37 heavy (non-hydrogen) atoms. The molecule has 5 unspecified atom stereocenters. The summed E-state index contributed by atoms with van der Waals surface area (Å²) in [5, 5.41) is 10.6. The van der Waals surface area contributed by atoms with Crippen LogP contribution in [0.3, 0.4) is 0 Å². The van der Waals surface area contributed by atoms with Gasteiger partial charge in [0.1, 0.15) is 5.75 Å². The first kappa shape index (κ1) is 23.5. The highest BCUT2D eigenvalue weighted by atomic mass is 16.3. The zero-order valence-electron chi connectivity index (χ0n) is 22.2. The van der Waals surface area contributed by atoms with E-state index in [1.54, 1.807) is 16.8 Å². The minimum Gasteiger partial charge on any atom is -0.508 e. The molecule has 4 aliphatic carbocycles. The number of rotatable bonds is 5. The zero-order chi connectivity index (χ0) is 25.5. The molecule has 1 amide bonds.